The van der Waals surface area contributed by atoms with Crippen molar-refractivity contribution in [3.63, 3.8) is 0 Å². The number of nitrogens with zero attached hydrogens (tertiary/aromatic N) is 4. The zero-order chi connectivity index (χ0) is 17.1. The standard InChI is InChI=1S/C17H21N5OS/c1-10(2)14(15-11(3)6-5-7-18-15)19-8-13-21-17(23-22-13)16-12(4)20-9-24-16/h5-7,9-10,14,19H,8H2,1-4H3/t14-/m1/s1. The monoisotopic (exact) mass is 343 g/mol. The van der Waals surface area contributed by atoms with Gasteiger partial charge in [-0.15, -0.1) is 11.3 Å². The Balaban J connectivity index is 1.73. The largest absolute Gasteiger partial charge is 0.333 e. The SMILES string of the molecule is Cc1cccnc1[C@H](NCc1noc(-c2scnc2C)n1)C(C)C. The molecule has 0 amide bonds. The van der Waals surface area contributed by atoms with Gasteiger partial charge in [0.2, 0.25) is 0 Å². The number of thiazole rings is 1. The Kier molecular flexibility index (Phi) is 5.01. The molecule has 0 saturated heterocycles. The molecular weight excluding hydrogens is 322 g/mol. The molecule has 24 heavy (non-hydrogen) atoms. The van der Waals surface area contributed by atoms with Gasteiger partial charge in [-0.25, -0.2) is 4.98 Å². The van der Waals surface area contributed by atoms with Crippen molar-refractivity contribution >= 4 is 11.3 Å². The average Bonchev–Trinajstić information content (AvgIpc) is 3.17. The summed E-state index contributed by atoms with van der Waals surface area (Å²) in [6.07, 6.45) is 1.83. The van der Waals surface area contributed by atoms with Crippen LogP contribution >= 0.6 is 11.3 Å². The van der Waals surface area contributed by atoms with Gasteiger partial charge in [-0.1, -0.05) is 25.1 Å². The second-order valence-electron chi connectivity index (χ2n) is 6.09. The maximum Gasteiger partial charge on any atom is 0.269 e. The van der Waals surface area contributed by atoms with E-state index in [1.54, 1.807) is 5.51 Å². The maximum absolute atomic E-state index is 5.37. The van der Waals surface area contributed by atoms with Gasteiger partial charge >= 0.3 is 0 Å². The fraction of sp³-hybridized carbons (Fsp3) is 0.412. The second kappa shape index (κ2) is 7.19. The van der Waals surface area contributed by atoms with E-state index in [0.29, 0.717) is 24.2 Å². The Morgan fingerprint density at radius 2 is 2.08 bits per heavy atom. The van der Waals surface area contributed by atoms with Gasteiger partial charge in [0.25, 0.3) is 5.89 Å². The molecule has 0 bridgehead atoms. The molecule has 126 valence electrons. The first kappa shape index (κ1) is 16.7. The molecule has 0 saturated carbocycles. The summed E-state index contributed by atoms with van der Waals surface area (Å²) in [5.41, 5.74) is 4.94. The summed E-state index contributed by atoms with van der Waals surface area (Å²) >= 11 is 1.51. The first-order valence-electron chi connectivity index (χ1n) is 7.94. The van der Waals surface area contributed by atoms with E-state index in [2.05, 4.69) is 52.3 Å². The highest BCUT2D eigenvalue weighted by atomic mass is 32.1. The van der Waals surface area contributed by atoms with Crippen LogP contribution in [0.25, 0.3) is 10.8 Å². The summed E-state index contributed by atoms with van der Waals surface area (Å²) in [7, 11) is 0. The fourth-order valence-electron chi connectivity index (χ4n) is 2.60. The average molecular weight is 343 g/mol. The van der Waals surface area contributed by atoms with Crippen molar-refractivity contribution in [1.29, 1.82) is 0 Å². The van der Waals surface area contributed by atoms with Gasteiger partial charge in [0.05, 0.1) is 29.5 Å². The maximum atomic E-state index is 5.37. The number of aryl methyl sites for hydroxylation is 2. The minimum absolute atomic E-state index is 0.137. The van der Waals surface area contributed by atoms with Crippen molar-refractivity contribution in [2.45, 2.75) is 40.3 Å². The highest BCUT2D eigenvalue weighted by Gasteiger charge is 2.20. The molecule has 0 aromatic carbocycles. The van der Waals surface area contributed by atoms with E-state index >= 15 is 0 Å². The third-order valence-corrected chi connectivity index (χ3v) is 4.82. The molecule has 0 aliphatic heterocycles. The molecule has 0 spiro atoms. The van der Waals surface area contributed by atoms with Crippen molar-refractivity contribution in [2.24, 2.45) is 5.92 Å². The minimum atomic E-state index is 0.137. The van der Waals surface area contributed by atoms with Crippen molar-refractivity contribution in [1.82, 2.24) is 25.4 Å². The van der Waals surface area contributed by atoms with E-state index < -0.39 is 0 Å². The van der Waals surface area contributed by atoms with Crippen LogP contribution in [0, 0.1) is 19.8 Å². The molecule has 6 nitrogen and oxygen atoms in total. The van der Waals surface area contributed by atoms with Crippen LogP contribution in [0.1, 0.15) is 42.7 Å². The lowest BCUT2D eigenvalue weighted by Gasteiger charge is -2.22. The van der Waals surface area contributed by atoms with Gasteiger partial charge in [0.15, 0.2) is 5.82 Å². The van der Waals surface area contributed by atoms with Crippen LogP contribution in [-0.4, -0.2) is 20.1 Å². The summed E-state index contributed by atoms with van der Waals surface area (Å²) in [6.45, 7) is 8.90. The Morgan fingerprint density at radius 3 is 2.75 bits per heavy atom. The smallest absolute Gasteiger partial charge is 0.269 e. The van der Waals surface area contributed by atoms with Crippen LogP contribution < -0.4 is 5.32 Å². The van der Waals surface area contributed by atoms with Crippen LogP contribution in [-0.2, 0) is 6.54 Å². The Morgan fingerprint density at radius 1 is 1.25 bits per heavy atom. The predicted molar refractivity (Wildman–Crippen MR) is 93.5 cm³/mol. The number of rotatable bonds is 6. The van der Waals surface area contributed by atoms with E-state index in [1.165, 1.54) is 16.9 Å². The molecule has 3 aromatic heterocycles. The second-order valence-corrected chi connectivity index (χ2v) is 6.95. The lowest BCUT2D eigenvalue weighted by Crippen LogP contribution is -2.27. The molecule has 0 unspecified atom stereocenters. The third kappa shape index (κ3) is 3.52. The van der Waals surface area contributed by atoms with Crippen LogP contribution in [0.3, 0.4) is 0 Å². The number of nitrogens with one attached hydrogen (secondary N) is 1. The summed E-state index contributed by atoms with van der Waals surface area (Å²) in [4.78, 5) is 14.1. The number of hydrogen-bond acceptors (Lipinski definition) is 7. The topological polar surface area (TPSA) is 76.7 Å². The lowest BCUT2D eigenvalue weighted by atomic mass is 9.97. The normalized spacial score (nSPS) is 12.7. The lowest BCUT2D eigenvalue weighted by molar-refractivity contribution is 0.382. The van der Waals surface area contributed by atoms with Gasteiger partial charge in [0.1, 0.15) is 4.88 Å². The van der Waals surface area contributed by atoms with E-state index in [9.17, 15) is 0 Å². The molecule has 0 aliphatic carbocycles. The Hall–Kier alpha value is -2.12. The third-order valence-electron chi connectivity index (χ3n) is 3.90. The highest BCUT2D eigenvalue weighted by Crippen LogP contribution is 2.26. The van der Waals surface area contributed by atoms with Crippen LogP contribution in [0.2, 0.25) is 0 Å². The quantitative estimate of drug-likeness (QED) is 0.735. The van der Waals surface area contributed by atoms with Gasteiger partial charge in [0, 0.05) is 6.20 Å². The zero-order valence-electron chi connectivity index (χ0n) is 14.3. The van der Waals surface area contributed by atoms with E-state index in [4.69, 9.17) is 4.52 Å². The number of pyridine rings is 1. The van der Waals surface area contributed by atoms with Crippen molar-refractivity contribution in [3.8, 4) is 10.8 Å². The zero-order valence-corrected chi connectivity index (χ0v) is 15.1. The van der Waals surface area contributed by atoms with E-state index in [-0.39, 0.29) is 6.04 Å². The molecule has 3 heterocycles. The number of hydrogen-bond donors (Lipinski definition) is 1. The summed E-state index contributed by atoms with van der Waals surface area (Å²) in [6, 6.07) is 4.18. The fourth-order valence-corrected chi connectivity index (χ4v) is 3.32. The molecule has 1 N–H and O–H groups in total. The first-order chi connectivity index (χ1) is 11.6. The predicted octanol–water partition coefficient (Wildman–Crippen LogP) is 3.69. The molecule has 1 atom stereocenters. The Bertz CT molecular complexity index is 811. The van der Waals surface area contributed by atoms with Crippen molar-refractivity contribution in [3.05, 3.63) is 46.6 Å². The van der Waals surface area contributed by atoms with Gasteiger partial charge in [-0.05, 0) is 31.4 Å². The number of aromatic nitrogens is 4. The minimum Gasteiger partial charge on any atom is -0.333 e. The summed E-state index contributed by atoms with van der Waals surface area (Å²) in [5.74, 6) is 1.56. The van der Waals surface area contributed by atoms with Gasteiger partial charge in [-0.2, -0.15) is 4.98 Å². The summed E-state index contributed by atoms with van der Waals surface area (Å²) < 4.78 is 5.37. The van der Waals surface area contributed by atoms with Crippen LogP contribution in [0.5, 0.6) is 0 Å². The molecule has 7 heteroatoms. The molecule has 3 rings (SSSR count). The van der Waals surface area contributed by atoms with Crippen LogP contribution in [0.4, 0.5) is 0 Å². The molecule has 3 aromatic rings. The summed E-state index contributed by atoms with van der Waals surface area (Å²) in [5, 5.41) is 7.58. The Labute approximate surface area is 145 Å². The van der Waals surface area contributed by atoms with Gasteiger partial charge in [-0.3, -0.25) is 4.98 Å². The molecule has 0 fully saturated rings. The molecular formula is C17H21N5OS. The van der Waals surface area contributed by atoms with E-state index in [0.717, 1.165) is 16.3 Å². The van der Waals surface area contributed by atoms with E-state index in [1.807, 2.05) is 19.2 Å². The van der Waals surface area contributed by atoms with Gasteiger partial charge < -0.3 is 9.84 Å². The molecule has 0 radical (unpaired) electrons. The molecule has 0 aliphatic rings. The first-order valence-corrected chi connectivity index (χ1v) is 8.82. The van der Waals surface area contributed by atoms with Crippen molar-refractivity contribution < 1.29 is 4.52 Å². The highest BCUT2D eigenvalue weighted by molar-refractivity contribution is 7.13. The van der Waals surface area contributed by atoms with Crippen molar-refractivity contribution in [2.75, 3.05) is 0 Å². The van der Waals surface area contributed by atoms with Crippen LogP contribution in [0.15, 0.2) is 28.4 Å².